The molecule has 0 bridgehead atoms. The highest BCUT2D eigenvalue weighted by atomic mass is 127. The van der Waals surface area contributed by atoms with Gasteiger partial charge in [-0.3, -0.25) is 0 Å². The molecule has 2 nitrogen and oxygen atoms in total. The minimum absolute atomic E-state index is 0. The van der Waals surface area contributed by atoms with E-state index in [0.29, 0.717) is 13.2 Å². The van der Waals surface area contributed by atoms with E-state index in [1.165, 1.54) is 5.56 Å². The van der Waals surface area contributed by atoms with Gasteiger partial charge in [0.1, 0.15) is 13.2 Å². The van der Waals surface area contributed by atoms with Gasteiger partial charge in [-0.25, -0.2) is 0 Å². The third-order valence-electron chi connectivity index (χ3n) is 1.70. The molecule has 1 heterocycles. The molecule has 3 heteroatoms. The molecule has 0 amide bonds. The van der Waals surface area contributed by atoms with Crippen molar-refractivity contribution >= 4 is 24.0 Å². The van der Waals surface area contributed by atoms with E-state index in [2.05, 4.69) is 0 Å². The molecule has 0 fully saturated rings. The van der Waals surface area contributed by atoms with E-state index in [1.807, 2.05) is 39.0 Å². The van der Waals surface area contributed by atoms with E-state index in [4.69, 9.17) is 9.47 Å². The first-order chi connectivity index (χ1) is 6.36. The first-order valence-electron chi connectivity index (χ1n) is 4.72. The van der Waals surface area contributed by atoms with Crippen LogP contribution in [0.25, 0.3) is 0 Å². The fourth-order valence-electron chi connectivity index (χ4n) is 1.15. The highest BCUT2D eigenvalue weighted by molar-refractivity contribution is 14.0. The third kappa shape index (κ3) is 3.36. The zero-order valence-electron chi connectivity index (χ0n) is 8.87. The Morgan fingerprint density at radius 1 is 1.00 bits per heavy atom. The number of rotatable bonds is 0. The van der Waals surface area contributed by atoms with E-state index in [1.54, 1.807) is 0 Å². The minimum atomic E-state index is 0. The molecule has 1 aliphatic rings. The third-order valence-corrected chi connectivity index (χ3v) is 1.70. The number of benzene rings is 1. The molecule has 0 N–H and O–H groups in total. The van der Waals surface area contributed by atoms with Crippen molar-refractivity contribution in [2.24, 2.45) is 0 Å². The van der Waals surface area contributed by atoms with Gasteiger partial charge in [-0.2, -0.15) is 0 Å². The van der Waals surface area contributed by atoms with Crippen LogP contribution in [0.4, 0.5) is 0 Å². The van der Waals surface area contributed by atoms with Crippen molar-refractivity contribution in [3.05, 3.63) is 23.8 Å². The normalized spacial score (nSPS) is 11.9. The zero-order valence-corrected chi connectivity index (χ0v) is 11.2. The van der Waals surface area contributed by atoms with E-state index >= 15 is 0 Å². The van der Waals surface area contributed by atoms with Crippen LogP contribution in [0.3, 0.4) is 0 Å². The van der Waals surface area contributed by atoms with Gasteiger partial charge >= 0.3 is 0 Å². The summed E-state index contributed by atoms with van der Waals surface area (Å²) in [6.07, 6.45) is 0. The Morgan fingerprint density at radius 2 is 1.57 bits per heavy atom. The highest BCUT2D eigenvalue weighted by Gasteiger charge is 2.09. The topological polar surface area (TPSA) is 18.5 Å². The Labute approximate surface area is 103 Å². The van der Waals surface area contributed by atoms with Crippen molar-refractivity contribution in [3.63, 3.8) is 0 Å². The molecular weight excluding hydrogens is 291 g/mol. The Balaban J connectivity index is 0.000000531. The van der Waals surface area contributed by atoms with Gasteiger partial charge in [0.25, 0.3) is 0 Å². The second kappa shape index (κ2) is 6.92. The smallest absolute Gasteiger partial charge is 0.161 e. The van der Waals surface area contributed by atoms with Crippen molar-refractivity contribution in [2.45, 2.75) is 20.8 Å². The van der Waals surface area contributed by atoms with E-state index in [0.717, 1.165) is 11.5 Å². The average Bonchev–Trinajstić information content (AvgIpc) is 2.21. The molecule has 0 radical (unpaired) electrons. The summed E-state index contributed by atoms with van der Waals surface area (Å²) in [4.78, 5) is 0. The summed E-state index contributed by atoms with van der Waals surface area (Å²) >= 11 is 0. The van der Waals surface area contributed by atoms with Gasteiger partial charge in [-0.1, -0.05) is 19.9 Å². The first kappa shape index (κ1) is 13.5. The van der Waals surface area contributed by atoms with E-state index in [9.17, 15) is 0 Å². The van der Waals surface area contributed by atoms with E-state index in [-0.39, 0.29) is 24.0 Å². The molecule has 14 heavy (non-hydrogen) atoms. The molecule has 1 aliphatic heterocycles. The molecule has 0 aromatic heterocycles. The molecule has 0 saturated carbocycles. The van der Waals surface area contributed by atoms with Crippen LogP contribution in [0.15, 0.2) is 18.2 Å². The lowest BCUT2D eigenvalue weighted by Gasteiger charge is -2.18. The summed E-state index contributed by atoms with van der Waals surface area (Å²) in [7, 11) is 0. The van der Waals surface area contributed by atoms with Crippen molar-refractivity contribution in [2.75, 3.05) is 13.2 Å². The summed E-state index contributed by atoms with van der Waals surface area (Å²) < 4.78 is 10.7. The van der Waals surface area contributed by atoms with Crippen molar-refractivity contribution in [1.29, 1.82) is 0 Å². The maximum atomic E-state index is 5.38. The molecule has 2 rings (SSSR count). The summed E-state index contributed by atoms with van der Waals surface area (Å²) in [6.45, 7) is 7.37. The molecular formula is C11H17IO2. The summed E-state index contributed by atoms with van der Waals surface area (Å²) in [5.74, 6) is 1.73. The standard InChI is InChI=1S/C9H10O2.C2H6.HI/c1-7-2-3-8-9(6-7)11-5-4-10-8;1-2;/h2-3,6H,4-5H2,1H3;1-2H3;1H. The second-order valence-corrected chi connectivity index (χ2v) is 2.65. The average molecular weight is 308 g/mol. The van der Waals surface area contributed by atoms with Crippen LogP contribution in [-0.4, -0.2) is 13.2 Å². The van der Waals surface area contributed by atoms with Gasteiger partial charge in [-0.15, -0.1) is 24.0 Å². The molecule has 0 saturated heterocycles. The fraction of sp³-hybridized carbons (Fsp3) is 0.455. The second-order valence-electron chi connectivity index (χ2n) is 2.65. The summed E-state index contributed by atoms with van der Waals surface area (Å²) in [5, 5.41) is 0. The molecule has 1 aromatic carbocycles. The SMILES string of the molecule is CC.Cc1ccc2c(c1)OCCO2.I. The van der Waals surface area contributed by atoms with Crippen LogP contribution >= 0.6 is 24.0 Å². The van der Waals surface area contributed by atoms with Gasteiger partial charge in [0.15, 0.2) is 11.5 Å². The van der Waals surface area contributed by atoms with Gasteiger partial charge in [0.05, 0.1) is 0 Å². The van der Waals surface area contributed by atoms with Crippen molar-refractivity contribution in [1.82, 2.24) is 0 Å². The maximum Gasteiger partial charge on any atom is 0.161 e. The van der Waals surface area contributed by atoms with Crippen LogP contribution in [0.2, 0.25) is 0 Å². The molecule has 1 aromatic rings. The van der Waals surface area contributed by atoms with Gasteiger partial charge < -0.3 is 9.47 Å². The van der Waals surface area contributed by atoms with Gasteiger partial charge in [0.2, 0.25) is 0 Å². The molecule has 0 unspecified atom stereocenters. The molecule has 0 spiro atoms. The number of ether oxygens (including phenoxy) is 2. The Morgan fingerprint density at radius 3 is 2.21 bits per heavy atom. The van der Waals surface area contributed by atoms with Crippen molar-refractivity contribution in [3.8, 4) is 11.5 Å². The number of halogens is 1. The first-order valence-corrected chi connectivity index (χ1v) is 4.72. The zero-order chi connectivity index (χ0) is 9.68. The number of hydrogen-bond acceptors (Lipinski definition) is 2. The Bertz CT molecular complexity index is 274. The molecule has 80 valence electrons. The predicted molar refractivity (Wildman–Crippen MR) is 68.9 cm³/mol. The minimum Gasteiger partial charge on any atom is -0.486 e. The quantitative estimate of drug-likeness (QED) is 0.684. The predicted octanol–water partition coefficient (Wildman–Crippen LogP) is 3.41. The van der Waals surface area contributed by atoms with Crippen LogP contribution in [0.5, 0.6) is 11.5 Å². The van der Waals surface area contributed by atoms with Crippen LogP contribution in [0.1, 0.15) is 19.4 Å². The Hall–Kier alpha value is -0.450. The fourth-order valence-corrected chi connectivity index (χ4v) is 1.15. The highest BCUT2D eigenvalue weighted by Crippen LogP contribution is 2.30. The van der Waals surface area contributed by atoms with Crippen LogP contribution < -0.4 is 9.47 Å². The largest absolute Gasteiger partial charge is 0.486 e. The maximum absolute atomic E-state index is 5.38. The van der Waals surface area contributed by atoms with Crippen LogP contribution in [-0.2, 0) is 0 Å². The lowest BCUT2D eigenvalue weighted by molar-refractivity contribution is 0.171. The molecule has 0 aliphatic carbocycles. The Kier molecular flexibility index (Phi) is 6.70. The monoisotopic (exact) mass is 308 g/mol. The number of aryl methyl sites for hydroxylation is 1. The number of hydrogen-bond donors (Lipinski definition) is 0. The van der Waals surface area contributed by atoms with E-state index < -0.39 is 0 Å². The van der Waals surface area contributed by atoms with Crippen LogP contribution in [0, 0.1) is 6.92 Å². The lowest BCUT2D eigenvalue weighted by Crippen LogP contribution is -2.15. The summed E-state index contributed by atoms with van der Waals surface area (Å²) in [5.41, 5.74) is 1.20. The van der Waals surface area contributed by atoms with Gasteiger partial charge in [0, 0.05) is 0 Å². The molecule has 0 atom stereocenters. The van der Waals surface area contributed by atoms with Gasteiger partial charge in [-0.05, 0) is 24.6 Å². The summed E-state index contributed by atoms with van der Waals surface area (Å²) in [6, 6.07) is 5.96. The number of fused-ring (bicyclic) bond motifs is 1. The lowest BCUT2D eigenvalue weighted by atomic mass is 10.2. The van der Waals surface area contributed by atoms with Crippen molar-refractivity contribution < 1.29 is 9.47 Å².